The van der Waals surface area contributed by atoms with Crippen molar-refractivity contribution >= 4 is 11.7 Å². The fourth-order valence-corrected chi connectivity index (χ4v) is 5.08. The molecule has 2 atom stereocenters. The summed E-state index contributed by atoms with van der Waals surface area (Å²) >= 11 is 0. The highest BCUT2D eigenvalue weighted by molar-refractivity contribution is 5.93. The zero-order chi connectivity index (χ0) is 26.6. The number of hydrogen-bond donors (Lipinski definition) is 2. The zero-order valence-electron chi connectivity index (χ0n) is 21.8. The van der Waals surface area contributed by atoms with E-state index < -0.39 is 11.0 Å². The van der Waals surface area contributed by atoms with E-state index in [1.54, 1.807) is 26.4 Å². The molecule has 0 saturated heterocycles. The predicted octanol–water partition coefficient (Wildman–Crippen LogP) is 5.66. The van der Waals surface area contributed by atoms with Crippen LogP contribution in [0.4, 0.5) is 10.1 Å². The number of carbonyl (C=O) groups excluding carboxylic acids is 1. The summed E-state index contributed by atoms with van der Waals surface area (Å²) in [6.45, 7) is 4.47. The normalized spacial score (nSPS) is 15.8. The van der Waals surface area contributed by atoms with E-state index in [2.05, 4.69) is 5.32 Å². The van der Waals surface area contributed by atoms with Crippen LogP contribution in [0.2, 0.25) is 0 Å². The molecular weight excluding hydrogens is 473 g/mol. The summed E-state index contributed by atoms with van der Waals surface area (Å²) in [6, 6.07) is 17.7. The van der Waals surface area contributed by atoms with Crippen molar-refractivity contribution in [2.75, 3.05) is 26.1 Å². The number of benzene rings is 3. The Morgan fingerprint density at radius 2 is 1.78 bits per heavy atom. The van der Waals surface area contributed by atoms with Crippen molar-refractivity contribution in [2.45, 2.75) is 50.7 Å². The van der Waals surface area contributed by atoms with Gasteiger partial charge in [-0.3, -0.25) is 0 Å². The molecule has 7 heteroatoms. The Balaban J connectivity index is 1.57. The molecule has 1 aliphatic rings. The number of rotatable bonds is 11. The summed E-state index contributed by atoms with van der Waals surface area (Å²) in [5.41, 5.74) is 2.24. The maximum absolute atomic E-state index is 14.4. The molecule has 37 heavy (non-hydrogen) atoms. The fraction of sp³-hybridized carbons (Fsp3) is 0.367. The van der Waals surface area contributed by atoms with Crippen LogP contribution in [-0.4, -0.2) is 37.4 Å². The van der Waals surface area contributed by atoms with Crippen LogP contribution in [0, 0.1) is 5.82 Å². The molecular formula is C30H34FNO5. The first-order valence-corrected chi connectivity index (χ1v) is 12.4. The highest BCUT2D eigenvalue weighted by Gasteiger charge is 2.37. The van der Waals surface area contributed by atoms with E-state index in [9.17, 15) is 14.3 Å². The van der Waals surface area contributed by atoms with Crippen LogP contribution in [0.15, 0.2) is 60.7 Å². The fourth-order valence-electron chi connectivity index (χ4n) is 5.08. The van der Waals surface area contributed by atoms with Crippen molar-refractivity contribution in [1.29, 1.82) is 0 Å². The number of carbonyl (C=O) groups is 1. The molecule has 3 aromatic carbocycles. The molecule has 4 rings (SSSR count). The summed E-state index contributed by atoms with van der Waals surface area (Å²) < 4.78 is 30.4. The molecule has 2 N–H and O–H groups in total. The van der Waals surface area contributed by atoms with Crippen LogP contribution < -0.4 is 14.8 Å². The predicted molar refractivity (Wildman–Crippen MR) is 141 cm³/mol. The first kappa shape index (κ1) is 26.5. The lowest BCUT2D eigenvalue weighted by Gasteiger charge is -2.38. The van der Waals surface area contributed by atoms with Gasteiger partial charge in [0.05, 0.1) is 25.4 Å². The minimum absolute atomic E-state index is 0.249. The third-order valence-corrected chi connectivity index (χ3v) is 7.06. The van der Waals surface area contributed by atoms with E-state index in [0.29, 0.717) is 42.7 Å². The third kappa shape index (κ3) is 6.23. The zero-order valence-corrected chi connectivity index (χ0v) is 21.8. The Hall–Kier alpha value is -3.58. The Kier molecular flexibility index (Phi) is 7.73. The molecule has 1 heterocycles. The van der Waals surface area contributed by atoms with E-state index in [1.165, 1.54) is 12.1 Å². The van der Waals surface area contributed by atoms with Crippen molar-refractivity contribution in [1.82, 2.24) is 0 Å². The van der Waals surface area contributed by atoms with Crippen molar-refractivity contribution in [3.8, 4) is 11.5 Å². The van der Waals surface area contributed by atoms with Crippen LogP contribution in [0.3, 0.4) is 0 Å². The minimum Gasteiger partial charge on any atom is -0.497 e. The number of methoxy groups -OCH3 is 2. The van der Waals surface area contributed by atoms with Gasteiger partial charge < -0.3 is 24.6 Å². The van der Waals surface area contributed by atoms with E-state index in [-0.39, 0.29) is 18.4 Å². The number of anilines is 1. The lowest BCUT2D eigenvalue weighted by Crippen LogP contribution is -2.41. The lowest BCUT2D eigenvalue weighted by atomic mass is 9.72. The average Bonchev–Trinajstić information content (AvgIpc) is 3.26. The smallest absolute Gasteiger partial charge is 0.338 e. The van der Waals surface area contributed by atoms with Gasteiger partial charge in [-0.1, -0.05) is 19.1 Å². The molecule has 3 aromatic rings. The Morgan fingerprint density at radius 3 is 2.49 bits per heavy atom. The molecule has 0 aromatic heterocycles. The SMILES string of the molecule is COc1ccc(CCC(C)(O)CC(C)(CNc2ccc3c(c2)COC3=O)c2cc(F)ccc2OC)cc1. The van der Waals surface area contributed by atoms with Crippen LogP contribution in [0.25, 0.3) is 0 Å². The first-order chi connectivity index (χ1) is 17.6. The van der Waals surface area contributed by atoms with Crippen LogP contribution in [0.1, 0.15) is 53.7 Å². The highest BCUT2D eigenvalue weighted by Crippen LogP contribution is 2.40. The minimum atomic E-state index is -1.05. The monoisotopic (exact) mass is 507 g/mol. The largest absolute Gasteiger partial charge is 0.497 e. The highest BCUT2D eigenvalue weighted by atomic mass is 19.1. The molecule has 196 valence electrons. The number of aliphatic hydroxyl groups is 1. The number of aryl methyl sites for hydroxylation is 1. The second kappa shape index (κ2) is 10.8. The van der Waals surface area contributed by atoms with Crippen molar-refractivity contribution in [3.05, 3.63) is 88.7 Å². The van der Waals surface area contributed by atoms with Gasteiger partial charge in [-0.15, -0.1) is 0 Å². The molecule has 0 fully saturated rings. The second-order valence-electron chi connectivity index (χ2n) is 10.2. The lowest BCUT2D eigenvalue weighted by molar-refractivity contribution is 0.0220. The molecule has 0 spiro atoms. The molecule has 0 amide bonds. The van der Waals surface area contributed by atoms with Crippen molar-refractivity contribution in [2.24, 2.45) is 0 Å². The van der Waals surface area contributed by atoms with Gasteiger partial charge in [-0.2, -0.15) is 0 Å². The van der Waals surface area contributed by atoms with Gasteiger partial charge >= 0.3 is 5.97 Å². The summed E-state index contributed by atoms with van der Waals surface area (Å²) in [7, 11) is 3.19. The average molecular weight is 508 g/mol. The summed E-state index contributed by atoms with van der Waals surface area (Å²) in [5, 5.41) is 15.0. The topological polar surface area (TPSA) is 77.0 Å². The van der Waals surface area contributed by atoms with Gasteiger partial charge in [0.25, 0.3) is 0 Å². The van der Waals surface area contributed by atoms with E-state index in [0.717, 1.165) is 22.6 Å². The van der Waals surface area contributed by atoms with E-state index in [4.69, 9.17) is 14.2 Å². The number of fused-ring (bicyclic) bond motifs is 1. The Bertz CT molecular complexity index is 1260. The third-order valence-electron chi connectivity index (χ3n) is 7.06. The quantitative estimate of drug-likeness (QED) is 0.326. The summed E-state index contributed by atoms with van der Waals surface area (Å²) in [4.78, 5) is 11.8. The number of hydrogen-bond acceptors (Lipinski definition) is 6. The molecule has 0 aliphatic carbocycles. The standard InChI is InChI=1S/C30H34FNO5/c1-29(26-16-22(31)7-12-27(26)36-4,19-32-23-8-11-25-21(15-23)17-37-28(25)33)18-30(2,34)14-13-20-5-9-24(35-3)10-6-20/h5-12,15-16,32,34H,13-14,17-19H2,1-4H3. The van der Waals surface area contributed by atoms with E-state index >= 15 is 0 Å². The van der Waals surface area contributed by atoms with Crippen LogP contribution >= 0.6 is 0 Å². The molecule has 0 bridgehead atoms. The summed E-state index contributed by atoms with van der Waals surface area (Å²) in [5.74, 6) is 0.663. The summed E-state index contributed by atoms with van der Waals surface area (Å²) in [6.07, 6.45) is 1.56. The Labute approximate surface area is 217 Å². The van der Waals surface area contributed by atoms with Crippen LogP contribution in [-0.2, 0) is 23.2 Å². The van der Waals surface area contributed by atoms with Gasteiger partial charge in [0.1, 0.15) is 23.9 Å². The molecule has 2 unspecified atom stereocenters. The number of esters is 1. The van der Waals surface area contributed by atoms with Gasteiger partial charge in [-0.25, -0.2) is 9.18 Å². The van der Waals surface area contributed by atoms with Gasteiger partial charge in [-0.05, 0) is 80.3 Å². The molecule has 0 radical (unpaired) electrons. The van der Waals surface area contributed by atoms with E-state index in [1.807, 2.05) is 50.2 Å². The number of cyclic esters (lactones) is 1. The number of nitrogens with one attached hydrogen (secondary N) is 1. The van der Waals surface area contributed by atoms with Crippen molar-refractivity contribution in [3.63, 3.8) is 0 Å². The maximum atomic E-state index is 14.4. The molecule has 6 nitrogen and oxygen atoms in total. The van der Waals surface area contributed by atoms with Gasteiger partial charge in [0, 0.05) is 28.8 Å². The maximum Gasteiger partial charge on any atom is 0.338 e. The molecule has 0 saturated carbocycles. The molecule has 1 aliphatic heterocycles. The van der Waals surface area contributed by atoms with Crippen molar-refractivity contribution < 1.29 is 28.5 Å². The second-order valence-corrected chi connectivity index (χ2v) is 10.2. The van der Waals surface area contributed by atoms with Crippen LogP contribution in [0.5, 0.6) is 11.5 Å². The van der Waals surface area contributed by atoms with Gasteiger partial charge in [0.2, 0.25) is 0 Å². The van der Waals surface area contributed by atoms with Gasteiger partial charge in [0.15, 0.2) is 0 Å². The number of halogens is 1. The Morgan fingerprint density at radius 1 is 1.03 bits per heavy atom. The number of ether oxygens (including phenoxy) is 3. The first-order valence-electron chi connectivity index (χ1n) is 12.4.